The van der Waals surface area contributed by atoms with Crippen molar-refractivity contribution in [3.63, 3.8) is 0 Å². The van der Waals surface area contributed by atoms with Crippen molar-refractivity contribution in [1.82, 2.24) is 49.6 Å². The predicted molar refractivity (Wildman–Crippen MR) is 236 cm³/mol. The fraction of sp³-hybridized carbons (Fsp3) is 0.524. The van der Waals surface area contributed by atoms with Crippen molar-refractivity contribution < 1.29 is 63.4 Å². The van der Waals surface area contributed by atoms with Crippen molar-refractivity contribution in [1.29, 1.82) is 0 Å². The molecule has 0 radical (unpaired) electrons. The summed E-state index contributed by atoms with van der Waals surface area (Å²) >= 11 is 5.89. The molecule has 16 nitrogen and oxygen atoms in total. The highest BCUT2D eigenvalue weighted by atomic mass is 35.5. The number of aryl methyl sites for hydroxylation is 2. The molecule has 7 rings (SSSR count). The van der Waals surface area contributed by atoms with E-state index in [4.69, 9.17) is 39.9 Å². The highest BCUT2D eigenvalue weighted by Crippen LogP contribution is 2.38. The standard InChI is InChI=1S/C17H17F4N5O2.C15H20BF4NO3.C8H9ClN4O.2CH4/c1-9-5-12-23-24-13(8-27-4)26(12)25-14(9)10-6-11(18)15(22-7-10)28-16(2,3)17(19,20)21;1-12(2)13(3,4)24-16(23-12)9-7-10(17)11(21-8-9)22-14(5,6)15(18,19)20;1-5-3-6-10-11-7(4-14-2)13(6)12-8(5)9;;/h5-7H,8H2,1-4H3;7-8H,1-6H3;3H,4H2,1-2H3;2*1H4. The first-order chi connectivity index (χ1) is 30.4. The second-order valence-corrected chi connectivity index (χ2v) is 17.2. The van der Waals surface area contributed by atoms with E-state index in [1.54, 1.807) is 24.6 Å². The van der Waals surface area contributed by atoms with Gasteiger partial charge in [0.1, 0.15) is 13.2 Å². The fourth-order valence-electron chi connectivity index (χ4n) is 5.49. The summed E-state index contributed by atoms with van der Waals surface area (Å²) in [4.78, 5) is 7.38. The lowest BCUT2D eigenvalue weighted by molar-refractivity contribution is -0.236. The maximum atomic E-state index is 14.4. The lowest BCUT2D eigenvalue weighted by Crippen LogP contribution is -2.45. The molecule has 0 amide bonds. The summed E-state index contributed by atoms with van der Waals surface area (Å²) in [5.74, 6) is -2.42. The predicted octanol–water partition coefficient (Wildman–Crippen LogP) is 9.24. The van der Waals surface area contributed by atoms with E-state index in [2.05, 4.69) is 40.6 Å². The van der Waals surface area contributed by atoms with Gasteiger partial charge in [-0.15, -0.1) is 20.4 Å². The van der Waals surface area contributed by atoms with Crippen molar-refractivity contribution in [3.05, 3.63) is 76.2 Å². The molecule has 0 aromatic carbocycles. The third-order valence-corrected chi connectivity index (χ3v) is 10.7. The van der Waals surface area contributed by atoms with Crippen LogP contribution in [-0.4, -0.2) is 106 Å². The quantitative estimate of drug-likeness (QED) is 0.0941. The Kier molecular flexibility index (Phi) is 17.7. The van der Waals surface area contributed by atoms with E-state index >= 15 is 0 Å². The summed E-state index contributed by atoms with van der Waals surface area (Å²) in [5, 5.41) is 24.8. The molecule has 1 aliphatic heterocycles. The number of hydrogen-bond donors (Lipinski definition) is 0. The number of methoxy groups -OCH3 is 2. The van der Waals surface area contributed by atoms with Crippen LogP contribution in [0.3, 0.4) is 0 Å². The van der Waals surface area contributed by atoms with E-state index in [1.807, 2.05) is 40.7 Å². The van der Waals surface area contributed by atoms with E-state index in [9.17, 15) is 35.1 Å². The van der Waals surface area contributed by atoms with Crippen LogP contribution in [0.4, 0.5) is 35.1 Å². The van der Waals surface area contributed by atoms with Gasteiger partial charge >= 0.3 is 19.5 Å². The Morgan fingerprint density at radius 3 is 1.50 bits per heavy atom. The second-order valence-electron chi connectivity index (χ2n) is 16.8. The van der Waals surface area contributed by atoms with Gasteiger partial charge in [-0.25, -0.2) is 18.7 Å². The van der Waals surface area contributed by atoms with Gasteiger partial charge in [0.05, 0.1) is 16.9 Å². The molecule has 26 heteroatoms. The topological polar surface area (TPSA) is 167 Å². The Morgan fingerprint density at radius 2 is 1.07 bits per heavy atom. The average Bonchev–Trinajstić information content (AvgIpc) is 3.84. The van der Waals surface area contributed by atoms with Gasteiger partial charge in [-0.1, -0.05) is 26.5 Å². The lowest BCUT2D eigenvalue weighted by atomic mass is 9.80. The maximum Gasteiger partial charge on any atom is 0.496 e. The third kappa shape index (κ3) is 12.4. The molecule has 0 unspecified atom stereocenters. The molecule has 0 N–H and O–H groups in total. The summed E-state index contributed by atoms with van der Waals surface area (Å²) < 4.78 is 140. The zero-order valence-corrected chi connectivity index (χ0v) is 38.5. The van der Waals surface area contributed by atoms with E-state index in [0.717, 1.165) is 45.4 Å². The molecular weight excluding hydrogens is 939 g/mol. The van der Waals surface area contributed by atoms with Gasteiger partial charge in [0.25, 0.3) is 11.8 Å². The van der Waals surface area contributed by atoms with Gasteiger partial charge in [0.15, 0.2) is 50.9 Å². The molecule has 0 bridgehead atoms. The number of nitrogens with zero attached hydrogens (tertiary/aromatic N) is 10. The number of halogens is 9. The highest BCUT2D eigenvalue weighted by Gasteiger charge is 2.53. The first-order valence-corrected chi connectivity index (χ1v) is 20.1. The van der Waals surface area contributed by atoms with Crippen molar-refractivity contribution in [2.24, 2.45) is 0 Å². The van der Waals surface area contributed by atoms with Crippen LogP contribution in [-0.2, 0) is 32.0 Å². The first-order valence-electron chi connectivity index (χ1n) is 19.7. The molecule has 68 heavy (non-hydrogen) atoms. The average molecular weight is 993 g/mol. The minimum Gasteiger partial charge on any atom is -0.460 e. The number of ether oxygens (including phenoxy) is 4. The summed E-state index contributed by atoms with van der Waals surface area (Å²) in [7, 11) is 2.23. The highest BCUT2D eigenvalue weighted by molar-refractivity contribution is 6.62. The van der Waals surface area contributed by atoms with Crippen LogP contribution in [0.1, 0.15) is 93.0 Å². The Morgan fingerprint density at radius 1 is 0.647 bits per heavy atom. The normalized spacial score (nSPS) is 14.6. The largest absolute Gasteiger partial charge is 0.496 e. The summed E-state index contributed by atoms with van der Waals surface area (Å²) in [5.41, 5.74) is -2.78. The van der Waals surface area contributed by atoms with Crippen molar-refractivity contribution in [2.75, 3.05) is 14.2 Å². The monoisotopic (exact) mass is 992 g/mol. The molecule has 0 aliphatic carbocycles. The number of hydrogen-bond acceptors (Lipinski definition) is 14. The van der Waals surface area contributed by atoms with E-state index in [-0.39, 0.29) is 32.5 Å². The van der Waals surface area contributed by atoms with Crippen LogP contribution in [0, 0.1) is 25.5 Å². The Hall–Kier alpha value is -5.37. The van der Waals surface area contributed by atoms with Crippen LogP contribution < -0.4 is 14.9 Å². The maximum absolute atomic E-state index is 14.4. The number of pyridine rings is 2. The molecule has 6 aromatic heterocycles. The molecule has 0 saturated carbocycles. The van der Waals surface area contributed by atoms with Crippen LogP contribution in [0.25, 0.3) is 22.6 Å². The molecule has 0 atom stereocenters. The number of alkyl halides is 6. The Bertz CT molecular complexity index is 2670. The molecular formula is C42H54BClF8N10O6. The smallest absolute Gasteiger partial charge is 0.460 e. The minimum absolute atomic E-state index is 0. The zero-order chi connectivity index (χ0) is 49.4. The number of aromatic nitrogens is 10. The molecule has 6 aromatic rings. The van der Waals surface area contributed by atoms with Gasteiger partial charge in [-0.2, -0.15) is 45.6 Å². The first kappa shape index (κ1) is 57.0. The van der Waals surface area contributed by atoms with Gasteiger partial charge in [0, 0.05) is 37.6 Å². The molecule has 0 spiro atoms. The number of fused-ring (bicyclic) bond motifs is 2. The molecule has 374 valence electrons. The van der Waals surface area contributed by atoms with Gasteiger partial charge in [0.2, 0.25) is 0 Å². The minimum atomic E-state index is -4.69. The molecule has 1 fully saturated rings. The second kappa shape index (κ2) is 21.1. The fourth-order valence-corrected chi connectivity index (χ4v) is 5.62. The SMILES string of the molecule is C.C.CC(C)(Oc1ncc(B2OC(C)(C)C(C)(C)O2)cc1F)C(F)(F)F.COCc1nnc2cc(C)c(-c3cnc(OC(C)(C)C(F)(F)F)c(F)c3)nn12.COCc1nnc2cc(C)c(Cl)nn12. The van der Waals surface area contributed by atoms with E-state index in [1.165, 1.54) is 24.0 Å². The van der Waals surface area contributed by atoms with Crippen molar-refractivity contribution in [3.8, 4) is 23.0 Å². The molecule has 1 aliphatic rings. The molecule has 7 heterocycles. The zero-order valence-electron chi connectivity index (χ0n) is 37.8. The molecule has 1 saturated heterocycles. The van der Waals surface area contributed by atoms with Crippen LogP contribution >= 0.6 is 11.6 Å². The van der Waals surface area contributed by atoms with E-state index < -0.39 is 65.3 Å². The number of rotatable bonds is 10. The van der Waals surface area contributed by atoms with E-state index in [0.29, 0.717) is 46.0 Å². The van der Waals surface area contributed by atoms with Gasteiger partial charge in [-0.05, 0) is 105 Å². The summed E-state index contributed by atoms with van der Waals surface area (Å²) in [6.45, 7) is 14.7. The Labute approximate surface area is 393 Å². The van der Waals surface area contributed by atoms with Crippen molar-refractivity contribution >= 4 is 35.5 Å². The summed E-state index contributed by atoms with van der Waals surface area (Å²) in [6, 6.07) is 5.57. The van der Waals surface area contributed by atoms with Crippen molar-refractivity contribution in [2.45, 2.75) is 132 Å². The van der Waals surface area contributed by atoms with Crippen LogP contribution in [0.15, 0.2) is 36.7 Å². The van der Waals surface area contributed by atoms with Crippen LogP contribution in [0.2, 0.25) is 5.15 Å². The lowest BCUT2D eigenvalue weighted by Gasteiger charge is -2.32. The van der Waals surface area contributed by atoms with Gasteiger partial charge in [-0.3, -0.25) is 0 Å². The third-order valence-electron chi connectivity index (χ3n) is 10.3. The van der Waals surface area contributed by atoms with Crippen LogP contribution in [0.5, 0.6) is 11.8 Å². The van der Waals surface area contributed by atoms with Gasteiger partial charge < -0.3 is 28.3 Å². The Balaban J connectivity index is 0.000000279. The summed E-state index contributed by atoms with van der Waals surface area (Å²) in [6.07, 6.45) is -6.96.